The second-order valence-electron chi connectivity index (χ2n) is 10.3. The predicted octanol–water partition coefficient (Wildman–Crippen LogP) is 6.02. The Hall–Kier alpha value is -2.84. The van der Waals surface area contributed by atoms with Gasteiger partial charge in [0.2, 0.25) is 5.88 Å². The van der Waals surface area contributed by atoms with Crippen molar-refractivity contribution < 1.29 is 9.13 Å². The summed E-state index contributed by atoms with van der Waals surface area (Å²) in [4.78, 5) is 20.8. The minimum Gasteiger partial charge on any atom is -0.474 e. The number of benzene rings is 1. The van der Waals surface area contributed by atoms with Gasteiger partial charge in [0, 0.05) is 54.0 Å². The van der Waals surface area contributed by atoms with Crippen molar-refractivity contribution in [3.63, 3.8) is 0 Å². The number of halogens is 1. The third-order valence-electron chi connectivity index (χ3n) is 6.69. The van der Waals surface area contributed by atoms with Crippen LogP contribution >= 0.6 is 11.8 Å². The van der Waals surface area contributed by atoms with E-state index in [4.69, 9.17) is 4.74 Å². The minimum absolute atomic E-state index is 0.00990. The fourth-order valence-electron chi connectivity index (χ4n) is 4.57. The fraction of sp³-hybridized carbons (Fsp3) is 0.467. The number of thioether (sulfide) groups is 1. The Labute approximate surface area is 230 Å². The van der Waals surface area contributed by atoms with E-state index in [-0.39, 0.29) is 17.5 Å². The van der Waals surface area contributed by atoms with Crippen LogP contribution in [0.15, 0.2) is 62.5 Å². The number of rotatable bonds is 11. The third-order valence-corrected chi connectivity index (χ3v) is 7.51. The van der Waals surface area contributed by atoms with Crippen LogP contribution in [0.2, 0.25) is 0 Å². The topological polar surface area (TPSA) is 58.9 Å². The van der Waals surface area contributed by atoms with E-state index < -0.39 is 5.83 Å². The number of likely N-dealkylation sites (N-methyl/N-ethyl adjacent to an activating group) is 1. The summed E-state index contributed by atoms with van der Waals surface area (Å²) in [6.45, 7) is 8.72. The Bertz CT molecular complexity index is 1340. The summed E-state index contributed by atoms with van der Waals surface area (Å²) in [6, 6.07) is 6.18. The number of aliphatic imine (C=N–C) groups is 1. The molecule has 3 rings (SSSR count). The molecule has 0 saturated carbocycles. The minimum atomic E-state index is -0.476. The zero-order valence-electron chi connectivity index (χ0n) is 23.9. The fourth-order valence-corrected chi connectivity index (χ4v) is 5.17. The average Bonchev–Trinajstić information content (AvgIpc) is 2.85. The maximum absolute atomic E-state index is 14.0. The molecule has 0 amide bonds. The zero-order valence-corrected chi connectivity index (χ0v) is 24.7. The molecule has 2 aromatic rings. The van der Waals surface area contributed by atoms with Crippen LogP contribution in [0.5, 0.6) is 0 Å². The molecule has 6 nitrogen and oxygen atoms in total. The molecule has 38 heavy (non-hydrogen) atoms. The molecule has 1 N–H and O–H groups in total. The maximum atomic E-state index is 14.0. The first-order valence-corrected chi connectivity index (χ1v) is 14.3. The van der Waals surface area contributed by atoms with Gasteiger partial charge in [-0.05, 0) is 82.1 Å². The van der Waals surface area contributed by atoms with Gasteiger partial charge in [-0.15, -0.1) is 11.8 Å². The number of ether oxygens (including phenoxy) is 1. The molecular weight excluding hydrogens is 499 g/mol. The monoisotopic (exact) mass is 540 g/mol. The summed E-state index contributed by atoms with van der Waals surface area (Å²) in [5.41, 5.74) is 4.11. The van der Waals surface area contributed by atoms with Crippen LogP contribution in [0.25, 0.3) is 10.8 Å². The largest absolute Gasteiger partial charge is 0.474 e. The van der Waals surface area contributed by atoms with Crippen molar-refractivity contribution in [3.05, 3.63) is 79.8 Å². The standard InChI is InChI=1S/C30H41FN4O2S/c1-19-9-10-28(38-8)27(17-19)33-22(4)24-15-20(2)16-26-25(24)18-23(35(7)30(26)36)11-12-32-29(21(3)31)37-14-13-34(5)6/h9-10,12,15-16,18-19,22,33H,11,13-14,17H2,1-8H3/b29-21-,32-12-/t19?,22-/m1/s1. The number of aromatic nitrogens is 1. The molecule has 206 valence electrons. The second-order valence-corrected chi connectivity index (χ2v) is 11.1. The van der Waals surface area contributed by atoms with E-state index in [1.54, 1.807) is 29.6 Å². The highest BCUT2D eigenvalue weighted by Crippen LogP contribution is 2.32. The van der Waals surface area contributed by atoms with Gasteiger partial charge in [-0.2, -0.15) is 0 Å². The van der Waals surface area contributed by atoms with E-state index >= 15 is 0 Å². The average molecular weight is 541 g/mol. The van der Waals surface area contributed by atoms with Crippen molar-refractivity contribution in [3.8, 4) is 0 Å². The Morgan fingerprint density at radius 2 is 2.08 bits per heavy atom. The number of nitrogens with one attached hydrogen (secondary N) is 1. The van der Waals surface area contributed by atoms with Gasteiger partial charge in [-0.3, -0.25) is 4.79 Å². The lowest BCUT2D eigenvalue weighted by Gasteiger charge is -2.26. The molecule has 0 aliphatic heterocycles. The zero-order chi connectivity index (χ0) is 28.0. The van der Waals surface area contributed by atoms with E-state index in [9.17, 15) is 9.18 Å². The number of pyridine rings is 1. The van der Waals surface area contributed by atoms with Crippen LogP contribution in [-0.2, 0) is 18.2 Å². The molecule has 1 aliphatic carbocycles. The van der Waals surface area contributed by atoms with Crippen LogP contribution in [0.1, 0.15) is 50.1 Å². The van der Waals surface area contributed by atoms with Crippen LogP contribution in [-0.4, -0.2) is 49.2 Å². The highest BCUT2D eigenvalue weighted by molar-refractivity contribution is 8.02. The summed E-state index contributed by atoms with van der Waals surface area (Å²) in [6.07, 6.45) is 9.48. The van der Waals surface area contributed by atoms with Gasteiger partial charge in [0.25, 0.3) is 5.56 Å². The van der Waals surface area contributed by atoms with Crippen molar-refractivity contribution in [2.24, 2.45) is 18.0 Å². The quantitative estimate of drug-likeness (QED) is 0.279. The Kier molecular flexibility index (Phi) is 10.4. The van der Waals surface area contributed by atoms with Gasteiger partial charge in [-0.1, -0.05) is 25.1 Å². The molecule has 1 aliphatic rings. The molecule has 0 radical (unpaired) electrons. The van der Waals surface area contributed by atoms with Crippen molar-refractivity contribution in [1.82, 2.24) is 14.8 Å². The number of nitrogens with zero attached hydrogens (tertiary/aromatic N) is 3. The Balaban J connectivity index is 1.94. The number of hydrogen-bond acceptors (Lipinski definition) is 6. The highest BCUT2D eigenvalue weighted by Gasteiger charge is 2.19. The van der Waals surface area contributed by atoms with Gasteiger partial charge in [0.15, 0.2) is 5.83 Å². The van der Waals surface area contributed by atoms with Crippen molar-refractivity contribution in [2.45, 2.75) is 46.6 Å². The van der Waals surface area contributed by atoms with Gasteiger partial charge in [0.05, 0.1) is 0 Å². The van der Waals surface area contributed by atoms with Crippen LogP contribution in [0.3, 0.4) is 0 Å². The molecule has 1 heterocycles. The van der Waals surface area contributed by atoms with Crippen molar-refractivity contribution in [2.75, 3.05) is 33.5 Å². The van der Waals surface area contributed by atoms with Crippen LogP contribution in [0, 0.1) is 12.8 Å². The smallest absolute Gasteiger partial charge is 0.258 e. The molecule has 8 heteroatoms. The normalized spacial score (nSPS) is 17.5. The summed E-state index contributed by atoms with van der Waals surface area (Å²) in [5.74, 6) is -0.0249. The summed E-state index contributed by atoms with van der Waals surface area (Å²) >= 11 is 1.75. The molecular formula is C30H41FN4O2S. The third kappa shape index (κ3) is 7.38. The first-order chi connectivity index (χ1) is 18.0. The van der Waals surface area contributed by atoms with E-state index in [1.807, 2.05) is 32.0 Å². The molecule has 2 atom stereocenters. The van der Waals surface area contributed by atoms with E-state index in [0.717, 1.165) is 28.6 Å². The molecule has 0 saturated heterocycles. The summed E-state index contributed by atoms with van der Waals surface area (Å²) < 4.78 is 21.1. The van der Waals surface area contributed by atoms with Crippen molar-refractivity contribution >= 4 is 28.7 Å². The van der Waals surface area contributed by atoms with Gasteiger partial charge in [0.1, 0.15) is 6.61 Å². The van der Waals surface area contributed by atoms with Gasteiger partial charge >= 0.3 is 0 Å². The lowest BCUT2D eigenvalue weighted by Crippen LogP contribution is -2.24. The van der Waals surface area contributed by atoms with Crippen molar-refractivity contribution in [1.29, 1.82) is 0 Å². The first kappa shape index (κ1) is 29.7. The van der Waals surface area contributed by atoms with Crippen LogP contribution in [0.4, 0.5) is 4.39 Å². The summed E-state index contributed by atoms with van der Waals surface area (Å²) in [7, 11) is 5.62. The Morgan fingerprint density at radius 1 is 1.34 bits per heavy atom. The molecule has 1 aromatic heterocycles. The lowest BCUT2D eigenvalue weighted by molar-refractivity contribution is 0.174. The van der Waals surface area contributed by atoms with Crippen LogP contribution < -0.4 is 10.9 Å². The van der Waals surface area contributed by atoms with E-state index in [1.165, 1.54) is 17.5 Å². The van der Waals surface area contributed by atoms with Gasteiger partial charge < -0.3 is 19.5 Å². The SMILES string of the molecule is CSC1=C(N[C@H](C)c2cc(C)cc3c(=O)n(C)c(C/C=N\C(OCCN(C)C)=C(/C)F)cc23)CC(C)C=C1. The Morgan fingerprint density at radius 3 is 2.74 bits per heavy atom. The number of aryl methyl sites for hydroxylation is 1. The number of fused-ring (bicyclic) bond motifs is 1. The summed E-state index contributed by atoms with van der Waals surface area (Å²) in [5, 5.41) is 5.36. The van der Waals surface area contributed by atoms with Gasteiger partial charge in [-0.25, -0.2) is 9.38 Å². The van der Waals surface area contributed by atoms with E-state index in [2.05, 4.69) is 54.7 Å². The molecule has 0 fully saturated rings. The first-order valence-electron chi connectivity index (χ1n) is 13.0. The number of allylic oxidation sites excluding steroid dienone is 4. The molecule has 1 aromatic carbocycles. The maximum Gasteiger partial charge on any atom is 0.258 e. The van der Waals surface area contributed by atoms with E-state index in [0.29, 0.717) is 30.9 Å². The molecule has 1 unspecified atom stereocenters. The lowest BCUT2D eigenvalue weighted by atomic mass is 9.95. The second kappa shape index (κ2) is 13.3. The highest BCUT2D eigenvalue weighted by atomic mass is 32.2. The molecule has 0 bridgehead atoms. The molecule has 0 spiro atoms. The predicted molar refractivity (Wildman–Crippen MR) is 159 cm³/mol. The number of hydrogen-bond donors (Lipinski definition) is 1.